The Kier molecular flexibility index (Phi) is 8.06. The third kappa shape index (κ3) is 6.14. The SMILES string of the molecule is C[C@@H]1C[C@H](C)CN(C(=O)c2cc(Cl)ccc2NC(=O)CCC(=O)N2CCSCC2)C1. The number of likely N-dealkylation sites (tertiary alicyclic amines) is 1. The Hall–Kier alpha value is -1.73. The normalized spacial score (nSPS) is 22.0. The zero-order valence-electron chi connectivity index (χ0n) is 17.7. The van der Waals surface area contributed by atoms with Crippen LogP contribution in [0.5, 0.6) is 0 Å². The van der Waals surface area contributed by atoms with E-state index in [9.17, 15) is 14.4 Å². The molecule has 0 unspecified atom stereocenters. The van der Waals surface area contributed by atoms with Crippen molar-refractivity contribution in [3.63, 3.8) is 0 Å². The minimum Gasteiger partial charge on any atom is -0.341 e. The van der Waals surface area contributed by atoms with Gasteiger partial charge in [0, 0.05) is 55.5 Å². The van der Waals surface area contributed by atoms with Crippen molar-refractivity contribution in [2.75, 3.05) is 43.0 Å². The Morgan fingerprint density at radius 1 is 1.07 bits per heavy atom. The van der Waals surface area contributed by atoms with E-state index in [0.717, 1.165) is 31.0 Å². The lowest BCUT2D eigenvalue weighted by Crippen LogP contribution is -2.42. The fourth-order valence-corrected chi connectivity index (χ4v) is 5.28. The summed E-state index contributed by atoms with van der Waals surface area (Å²) in [6, 6.07) is 4.93. The van der Waals surface area contributed by atoms with Crippen LogP contribution in [0.25, 0.3) is 0 Å². The lowest BCUT2D eigenvalue weighted by atomic mass is 9.91. The first-order chi connectivity index (χ1) is 14.3. The van der Waals surface area contributed by atoms with Crippen molar-refractivity contribution in [2.45, 2.75) is 33.1 Å². The summed E-state index contributed by atoms with van der Waals surface area (Å²) in [5.41, 5.74) is 0.846. The van der Waals surface area contributed by atoms with Crippen LogP contribution in [0.1, 0.15) is 43.5 Å². The molecule has 2 saturated heterocycles. The van der Waals surface area contributed by atoms with Crippen LogP contribution in [-0.2, 0) is 9.59 Å². The minimum absolute atomic E-state index is 0.00847. The quantitative estimate of drug-likeness (QED) is 0.740. The van der Waals surface area contributed by atoms with Crippen molar-refractivity contribution in [3.8, 4) is 0 Å². The molecule has 2 fully saturated rings. The highest BCUT2D eigenvalue weighted by molar-refractivity contribution is 7.99. The Balaban J connectivity index is 1.63. The molecule has 0 spiro atoms. The maximum absolute atomic E-state index is 13.2. The maximum atomic E-state index is 13.2. The van der Waals surface area contributed by atoms with Crippen molar-refractivity contribution in [1.82, 2.24) is 9.80 Å². The fourth-order valence-electron chi connectivity index (χ4n) is 4.21. The monoisotopic (exact) mass is 451 g/mol. The number of hydrogen-bond acceptors (Lipinski definition) is 4. The van der Waals surface area contributed by atoms with E-state index in [1.807, 2.05) is 21.6 Å². The first-order valence-electron chi connectivity index (χ1n) is 10.6. The Morgan fingerprint density at radius 2 is 1.73 bits per heavy atom. The second-order valence-corrected chi connectivity index (χ2v) is 10.0. The van der Waals surface area contributed by atoms with Crippen molar-refractivity contribution < 1.29 is 14.4 Å². The standard InChI is InChI=1S/C22H30ClN3O3S/c1-15-11-16(2)14-26(13-15)22(29)18-12-17(23)3-4-19(18)24-20(27)5-6-21(28)25-7-9-30-10-8-25/h3-4,12,15-16H,5-11,13-14H2,1-2H3,(H,24,27)/t15-,16+. The van der Waals surface area contributed by atoms with Crippen LogP contribution in [0.3, 0.4) is 0 Å². The zero-order chi connectivity index (χ0) is 21.7. The molecule has 0 radical (unpaired) electrons. The van der Waals surface area contributed by atoms with Crippen LogP contribution < -0.4 is 5.32 Å². The number of carbonyl (C=O) groups excluding carboxylic acids is 3. The number of nitrogens with one attached hydrogen (secondary N) is 1. The summed E-state index contributed by atoms with van der Waals surface area (Å²) in [4.78, 5) is 41.6. The number of amides is 3. The number of benzene rings is 1. The summed E-state index contributed by atoms with van der Waals surface area (Å²) >= 11 is 7.99. The van der Waals surface area contributed by atoms with Gasteiger partial charge in [-0.25, -0.2) is 0 Å². The van der Waals surface area contributed by atoms with Crippen molar-refractivity contribution >= 4 is 46.8 Å². The molecule has 0 saturated carbocycles. The molecule has 0 aliphatic carbocycles. The zero-order valence-corrected chi connectivity index (χ0v) is 19.2. The lowest BCUT2D eigenvalue weighted by molar-refractivity contribution is -0.132. The summed E-state index contributed by atoms with van der Waals surface area (Å²) in [7, 11) is 0. The van der Waals surface area contributed by atoms with Gasteiger partial charge in [0.1, 0.15) is 0 Å². The number of carbonyl (C=O) groups is 3. The van der Waals surface area contributed by atoms with E-state index >= 15 is 0 Å². The highest BCUT2D eigenvalue weighted by atomic mass is 35.5. The van der Waals surface area contributed by atoms with Gasteiger partial charge in [-0.1, -0.05) is 25.4 Å². The maximum Gasteiger partial charge on any atom is 0.256 e. The van der Waals surface area contributed by atoms with Gasteiger partial charge in [0.05, 0.1) is 11.3 Å². The third-order valence-corrected chi connectivity index (χ3v) is 6.75. The van der Waals surface area contributed by atoms with E-state index in [1.54, 1.807) is 18.2 Å². The minimum atomic E-state index is -0.272. The predicted octanol–water partition coefficient (Wildman–Crippen LogP) is 3.75. The van der Waals surface area contributed by atoms with Gasteiger partial charge in [0.2, 0.25) is 11.8 Å². The lowest BCUT2D eigenvalue weighted by Gasteiger charge is -2.35. The van der Waals surface area contributed by atoms with Crippen molar-refractivity contribution in [1.29, 1.82) is 0 Å². The highest BCUT2D eigenvalue weighted by Gasteiger charge is 2.28. The molecule has 3 rings (SSSR count). The second-order valence-electron chi connectivity index (χ2n) is 8.39. The molecular formula is C22H30ClN3O3S. The molecule has 164 valence electrons. The molecule has 8 heteroatoms. The average molecular weight is 452 g/mol. The number of nitrogens with zero attached hydrogens (tertiary/aromatic N) is 2. The van der Waals surface area contributed by atoms with Crippen LogP contribution in [0, 0.1) is 11.8 Å². The van der Waals surface area contributed by atoms with Gasteiger partial charge in [0.15, 0.2) is 0 Å². The van der Waals surface area contributed by atoms with Crippen LogP contribution in [0.15, 0.2) is 18.2 Å². The fraction of sp³-hybridized carbons (Fsp3) is 0.591. The molecule has 2 aliphatic heterocycles. The average Bonchev–Trinajstić information content (AvgIpc) is 2.72. The molecule has 2 atom stereocenters. The summed E-state index contributed by atoms with van der Waals surface area (Å²) in [6.07, 6.45) is 1.37. The topological polar surface area (TPSA) is 69.7 Å². The van der Waals surface area contributed by atoms with Gasteiger partial charge >= 0.3 is 0 Å². The summed E-state index contributed by atoms with van der Waals surface area (Å²) < 4.78 is 0. The molecule has 0 bridgehead atoms. The molecule has 2 heterocycles. The Bertz CT molecular complexity index is 788. The second kappa shape index (κ2) is 10.5. The Morgan fingerprint density at radius 3 is 2.40 bits per heavy atom. The summed E-state index contributed by atoms with van der Waals surface area (Å²) in [5.74, 6) is 2.39. The van der Waals surface area contributed by atoms with Gasteiger partial charge in [-0.15, -0.1) is 0 Å². The number of halogens is 1. The van der Waals surface area contributed by atoms with Crippen LogP contribution >= 0.6 is 23.4 Å². The molecule has 30 heavy (non-hydrogen) atoms. The van der Waals surface area contributed by atoms with Gasteiger partial charge in [0.25, 0.3) is 5.91 Å². The van der Waals surface area contributed by atoms with E-state index in [4.69, 9.17) is 11.6 Å². The molecule has 2 aliphatic rings. The molecule has 1 aromatic rings. The molecule has 0 aromatic heterocycles. The number of hydrogen-bond donors (Lipinski definition) is 1. The smallest absolute Gasteiger partial charge is 0.256 e. The van der Waals surface area contributed by atoms with Crippen LogP contribution in [-0.4, -0.2) is 65.2 Å². The van der Waals surface area contributed by atoms with Crippen molar-refractivity contribution in [3.05, 3.63) is 28.8 Å². The molecule has 1 N–H and O–H groups in total. The first-order valence-corrected chi connectivity index (χ1v) is 12.1. The molecule has 1 aromatic carbocycles. The Labute approximate surface area is 187 Å². The van der Waals surface area contributed by atoms with Gasteiger partial charge < -0.3 is 15.1 Å². The number of rotatable bonds is 5. The summed E-state index contributed by atoms with van der Waals surface area (Å²) in [6.45, 7) is 7.18. The van der Waals surface area contributed by atoms with E-state index in [2.05, 4.69) is 19.2 Å². The van der Waals surface area contributed by atoms with Crippen LogP contribution in [0.2, 0.25) is 5.02 Å². The largest absolute Gasteiger partial charge is 0.341 e. The molecular weight excluding hydrogens is 422 g/mol. The van der Waals surface area contributed by atoms with E-state index in [-0.39, 0.29) is 30.6 Å². The summed E-state index contributed by atoms with van der Waals surface area (Å²) in [5, 5.41) is 3.27. The van der Waals surface area contributed by atoms with E-state index < -0.39 is 0 Å². The van der Waals surface area contributed by atoms with Gasteiger partial charge in [-0.3, -0.25) is 14.4 Å². The molecule has 3 amide bonds. The number of anilines is 1. The molecule has 6 nitrogen and oxygen atoms in total. The van der Waals surface area contributed by atoms with E-state index in [0.29, 0.717) is 41.2 Å². The van der Waals surface area contributed by atoms with Gasteiger partial charge in [-0.2, -0.15) is 11.8 Å². The highest BCUT2D eigenvalue weighted by Crippen LogP contribution is 2.27. The van der Waals surface area contributed by atoms with Crippen LogP contribution in [0.4, 0.5) is 5.69 Å². The van der Waals surface area contributed by atoms with Crippen molar-refractivity contribution in [2.24, 2.45) is 11.8 Å². The number of piperidine rings is 1. The third-order valence-electron chi connectivity index (χ3n) is 5.57. The first kappa shape index (κ1) is 22.9. The number of thioether (sulfide) groups is 1. The van der Waals surface area contributed by atoms with E-state index in [1.165, 1.54) is 0 Å². The predicted molar refractivity (Wildman–Crippen MR) is 122 cm³/mol. The van der Waals surface area contributed by atoms with Gasteiger partial charge in [-0.05, 0) is 36.5 Å².